The molecular formula is C25H16FN5. The maximum absolute atomic E-state index is 15.2. The lowest BCUT2D eigenvalue weighted by molar-refractivity contribution is 0.628. The summed E-state index contributed by atoms with van der Waals surface area (Å²) in [6, 6.07) is 20.8. The first-order valence-corrected chi connectivity index (χ1v) is 9.73. The van der Waals surface area contributed by atoms with Gasteiger partial charge in [0.25, 0.3) is 0 Å². The third-order valence-electron chi connectivity index (χ3n) is 5.14. The first-order chi connectivity index (χ1) is 15.2. The minimum absolute atomic E-state index is 0.191. The van der Waals surface area contributed by atoms with Gasteiger partial charge in [0.1, 0.15) is 6.07 Å². The highest BCUT2D eigenvalue weighted by Gasteiger charge is 2.12. The molecule has 0 bridgehead atoms. The van der Waals surface area contributed by atoms with Crippen LogP contribution in [-0.2, 0) is 6.54 Å². The molecule has 5 aromatic rings. The summed E-state index contributed by atoms with van der Waals surface area (Å²) >= 11 is 0. The molecule has 0 fully saturated rings. The van der Waals surface area contributed by atoms with E-state index in [0.29, 0.717) is 17.7 Å². The summed E-state index contributed by atoms with van der Waals surface area (Å²) in [5.74, 6) is -0.208. The Morgan fingerprint density at radius 1 is 0.871 bits per heavy atom. The van der Waals surface area contributed by atoms with Crippen molar-refractivity contribution in [1.29, 1.82) is 5.26 Å². The van der Waals surface area contributed by atoms with Crippen LogP contribution in [0.25, 0.3) is 32.9 Å². The zero-order chi connectivity index (χ0) is 21.2. The number of nitriles is 1. The molecule has 0 aliphatic rings. The van der Waals surface area contributed by atoms with E-state index in [0.717, 1.165) is 32.9 Å². The first-order valence-electron chi connectivity index (χ1n) is 9.73. The molecule has 148 valence electrons. The molecule has 0 radical (unpaired) electrons. The third-order valence-corrected chi connectivity index (χ3v) is 5.14. The number of hydrogen-bond acceptors (Lipinski definition) is 5. The van der Waals surface area contributed by atoms with Gasteiger partial charge in [-0.05, 0) is 47.5 Å². The minimum Gasteiger partial charge on any atom is -0.364 e. The Bertz CT molecular complexity index is 1470. The second-order valence-corrected chi connectivity index (χ2v) is 7.15. The summed E-state index contributed by atoms with van der Waals surface area (Å²) in [5, 5.41) is 13.9. The van der Waals surface area contributed by atoms with Crippen LogP contribution >= 0.6 is 0 Å². The number of fused-ring (bicyclic) bond motifs is 2. The number of halogens is 1. The number of benzene rings is 2. The van der Waals surface area contributed by atoms with Crippen LogP contribution < -0.4 is 5.32 Å². The summed E-state index contributed by atoms with van der Waals surface area (Å²) in [4.78, 5) is 12.8. The SMILES string of the molecule is N#Cc1cnc2cc(CNc3nccc(-c4ccc5ncccc5c4)c3F)ccc2c1. The monoisotopic (exact) mass is 405 g/mol. The van der Waals surface area contributed by atoms with Gasteiger partial charge in [0.2, 0.25) is 0 Å². The molecule has 0 saturated carbocycles. The Morgan fingerprint density at radius 2 is 1.77 bits per heavy atom. The second-order valence-electron chi connectivity index (χ2n) is 7.15. The minimum atomic E-state index is -0.400. The fourth-order valence-electron chi connectivity index (χ4n) is 3.56. The van der Waals surface area contributed by atoms with E-state index in [1.165, 1.54) is 0 Å². The van der Waals surface area contributed by atoms with Gasteiger partial charge in [0, 0.05) is 41.5 Å². The Balaban J connectivity index is 1.41. The van der Waals surface area contributed by atoms with Crippen molar-refractivity contribution in [2.45, 2.75) is 6.54 Å². The lowest BCUT2D eigenvalue weighted by Gasteiger charge is -2.11. The van der Waals surface area contributed by atoms with Crippen molar-refractivity contribution in [3.05, 3.63) is 96.2 Å². The van der Waals surface area contributed by atoms with Gasteiger partial charge in [0.05, 0.1) is 16.6 Å². The molecule has 0 amide bonds. The van der Waals surface area contributed by atoms with Crippen molar-refractivity contribution in [3.63, 3.8) is 0 Å². The topological polar surface area (TPSA) is 74.5 Å². The van der Waals surface area contributed by atoms with E-state index in [9.17, 15) is 0 Å². The van der Waals surface area contributed by atoms with E-state index in [4.69, 9.17) is 5.26 Å². The quantitative estimate of drug-likeness (QED) is 0.429. The fraction of sp³-hybridized carbons (Fsp3) is 0.0400. The van der Waals surface area contributed by atoms with Crippen LogP contribution in [0, 0.1) is 17.1 Å². The van der Waals surface area contributed by atoms with Crippen LogP contribution in [0.3, 0.4) is 0 Å². The van der Waals surface area contributed by atoms with Crippen LogP contribution in [0.1, 0.15) is 11.1 Å². The highest BCUT2D eigenvalue weighted by molar-refractivity contribution is 5.85. The number of hydrogen-bond donors (Lipinski definition) is 1. The Morgan fingerprint density at radius 3 is 2.68 bits per heavy atom. The average molecular weight is 405 g/mol. The molecule has 0 spiro atoms. The maximum Gasteiger partial charge on any atom is 0.173 e. The Kier molecular flexibility index (Phi) is 4.70. The normalized spacial score (nSPS) is 10.8. The van der Waals surface area contributed by atoms with Crippen molar-refractivity contribution in [2.24, 2.45) is 0 Å². The molecule has 0 aliphatic heterocycles. The Hall–Kier alpha value is -4.37. The predicted molar refractivity (Wildman–Crippen MR) is 119 cm³/mol. The van der Waals surface area contributed by atoms with E-state index in [-0.39, 0.29) is 5.82 Å². The van der Waals surface area contributed by atoms with E-state index in [1.54, 1.807) is 30.7 Å². The van der Waals surface area contributed by atoms with Crippen molar-refractivity contribution in [3.8, 4) is 17.2 Å². The summed E-state index contributed by atoms with van der Waals surface area (Å²) < 4.78 is 15.2. The number of pyridine rings is 3. The molecule has 5 nitrogen and oxygen atoms in total. The van der Waals surface area contributed by atoms with E-state index in [2.05, 4.69) is 26.3 Å². The van der Waals surface area contributed by atoms with Crippen LogP contribution in [0.5, 0.6) is 0 Å². The summed E-state index contributed by atoms with van der Waals surface area (Å²) in [6.07, 6.45) is 4.88. The van der Waals surface area contributed by atoms with E-state index in [1.807, 2.05) is 48.5 Å². The summed E-state index contributed by atoms with van der Waals surface area (Å²) in [6.45, 7) is 0.395. The standard InChI is InChI=1S/C25H16FN5/c26-24-21(18-5-6-22-19(12-18)2-1-8-28-22)7-9-29-25(24)31-14-16-3-4-20-10-17(13-27)15-30-23(20)11-16/h1-12,15H,14H2,(H,29,31). The van der Waals surface area contributed by atoms with E-state index >= 15 is 4.39 Å². The van der Waals surface area contributed by atoms with Gasteiger partial charge in [-0.15, -0.1) is 0 Å². The molecule has 2 aromatic carbocycles. The molecule has 0 aliphatic carbocycles. The van der Waals surface area contributed by atoms with Crippen molar-refractivity contribution < 1.29 is 4.39 Å². The number of aromatic nitrogens is 3. The smallest absolute Gasteiger partial charge is 0.173 e. The van der Waals surface area contributed by atoms with Gasteiger partial charge in [-0.1, -0.05) is 24.3 Å². The second kappa shape index (κ2) is 7.81. The number of anilines is 1. The van der Waals surface area contributed by atoms with Gasteiger partial charge < -0.3 is 5.32 Å². The molecule has 1 N–H and O–H groups in total. The van der Waals surface area contributed by atoms with Crippen molar-refractivity contribution in [2.75, 3.05) is 5.32 Å². The zero-order valence-corrected chi connectivity index (χ0v) is 16.4. The Labute approximate surface area is 177 Å². The van der Waals surface area contributed by atoms with Crippen molar-refractivity contribution >= 4 is 27.6 Å². The molecule has 0 saturated heterocycles. The molecule has 31 heavy (non-hydrogen) atoms. The highest BCUT2D eigenvalue weighted by atomic mass is 19.1. The molecular weight excluding hydrogens is 389 g/mol. The predicted octanol–water partition coefficient (Wildman–Crippen LogP) is 5.47. The lowest BCUT2D eigenvalue weighted by atomic mass is 10.0. The van der Waals surface area contributed by atoms with E-state index < -0.39 is 5.82 Å². The van der Waals surface area contributed by atoms with Gasteiger partial charge >= 0.3 is 0 Å². The molecule has 0 atom stereocenters. The largest absolute Gasteiger partial charge is 0.364 e. The zero-order valence-electron chi connectivity index (χ0n) is 16.4. The molecule has 6 heteroatoms. The maximum atomic E-state index is 15.2. The average Bonchev–Trinajstić information content (AvgIpc) is 2.82. The summed E-state index contributed by atoms with van der Waals surface area (Å²) in [7, 11) is 0. The van der Waals surface area contributed by atoms with Crippen LogP contribution in [0.15, 0.2) is 79.3 Å². The fourth-order valence-corrected chi connectivity index (χ4v) is 3.56. The van der Waals surface area contributed by atoms with Gasteiger partial charge in [-0.25, -0.2) is 9.37 Å². The lowest BCUT2D eigenvalue weighted by Crippen LogP contribution is -2.04. The number of nitrogens with one attached hydrogen (secondary N) is 1. The molecule has 5 rings (SSSR count). The molecule has 0 unspecified atom stereocenters. The first kappa shape index (κ1) is 18.6. The van der Waals surface area contributed by atoms with Crippen LogP contribution in [0.4, 0.5) is 10.2 Å². The van der Waals surface area contributed by atoms with Crippen molar-refractivity contribution in [1.82, 2.24) is 15.0 Å². The van der Waals surface area contributed by atoms with Gasteiger partial charge in [0.15, 0.2) is 11.6 Å². The number of nitrogens with zero attached hydrogens (tertiary/aromatic N) is 4. The molecule has 3 aromatic heterocycles. The van der Waals surface area contributed by atoms with Gasteiger partial charge in [-0.3, -0.25) is 9.97 Å². The summed E-state index contributed by atoms with van der Waals surface area (Å²) in [5.41, 5.74) is 4.36. The van der Waals surface area contributed by atoms with Gasteiger partial charge in [-0.2, -0.15) is 5.26 Å². The molecule has 3 heterocycles. The highest BCUT2D eigenvalue weighted by Crippen LogP contribution is 2.29. The van der Waals surface area contributed by atoms with Crippen LogP contribution in [-0.4, -0.2) is 15.0 Å². The van der Waals surface area contributed by atoms with Crippen LogP contribution in [0.2, 0.25) is 0 Å². The number of rotatable bonds is 4. The third kappa shape index (κ3) is 3.65.